The summed E-state index contributed by atoms with van der Waals surface area (Å²) in [4.78, 5) is 13.6. The smallest absolute Gasteiger partial charge is 0.331 e. The maximum Gasteiger partial charge on any atom is 0.331 e. The lowest BCUT2D eigenvalue weighted by atomic mass is 10.1. The average molecular weight is 359 g/mol. The molecule has 0 atom stereocenters. The van der Waals surface area contributed by atoms with Crippen molar-refractivity contribution < 1.29 is 18.7 Å². The molecule has 0 radical (unpaired) electrons. The van der Waals surface area contributed by atoms with Gasteiger partial charge in [-0.1, -0.05) is 37.5 Å². The van der Waals surface area contributed by atoms with E-state index in [4.69, 9.17) is 9.47 Å². The summed E-state index contributed by atoms with van der Waals surface area (Å²) >= 11 is 0. The highest BCUT2D eigenvalue weighted by Gasteiger charge is 2.10. The van der Waals surface area contributed by atoms with Crippen LogP contribution in [0.15, 0.2) is 61.2 Å². The SMILES string of the molecule is C=C/C=C(\C=C)COC(=O)/C=C/c1ccc(N(CC)CCOC)c(F)c1. The summed E-state index contributed by atoms with van der Waals surface area (Å²) in [5, 5.41) is 0. The van der Waals surface area contributed by atoms with Gasteiger partial charge in [-0.25, -0.2) is 9.18 Å². The Morgan fingerprint density at radius 1 is 1.35 bits per heavy atom. The van der Waals surface area contributed by atoms with E-state index < -0.39 is 5.97 Å². The fourth-order valence-electron chi connectivity index (χ4n) is 2.23. The van der Waals surface area contributed by atoms with E-state index >= 15 is 0 Å². The molecule has 0 aliphatic heterocycles. The first-order valence-corrected chi connectivity index (χ1v) is 8.38. The fraction of sp³-hybridized carbons (Fsp3) is 0.286. The third-order valence-electron chi connectivity index (χ3n) is 3.65. The van der Waals surface area contributed by atoms with Crippen LogP contribution in [0.25, 0.3) is 6.08 Å². The molecular formula is C21H26FNO3. The van der Waals surface area contributed by atoms with Crippen molar-refractivity contribution in [2.45, 2.75) is 6.92 Å². The summed E-state index contributed by atoms with van der Waals surface area (Å²) in [5.41, 5.74) is 1.83. The zero-order chi connectivity index (χ0) is 19.4. The highest BCUT2D eigenvalue weighted by atomic mass is 19.1. The van der Waals surface area contributed by atoms with Crippen LogP contribution in [-0.4, -0.2) is 39.4 Å². The topological polar surface area (TPSA) is 38.8 Å². The summed E-state index contributed by atoms with van der Waals surface area (Å²) in [5.74, 6) is -0.858. The number of esters is 1. The van der Waals surface area contributed by atoms with Crippen molar-refractivity contribution in [3.63, 3.8) is 0 Å². The first-order chi connectivity index (χ1) is 12.5. The van der Waals surface area contributed by atoms with Gasteiger partial charge < -0.3 is 14.4 Å². The van der Waals surface area contributed by atoms with Crippen LogP contribution in [0.5, 0.6) is 0 Å². The molecule has 1 aromatic carbocycles. The van der Waals surface area contributed by atoms with E-state index in [9.17, 15) is 9.18 Å². The summed E-state index contributed by atoms with van der Waals surface area (Å²) in [7, 11) is 1.61. The maximum absolute atomic E-state index is 14.4. The molecule has 140 valence electrons. The number of benzene rings is 1. The molecule has 0 aliphatic rings. The Labute approximate surface area is 154 Å². The molecule has 0 spiro atoms. The fourth-order valence-corrected chi connectivity index (χ4v) is 2.23. The molecular weight excluding hydrogens is 333 g/mol. The van der Waals surface area contributed by atoms with Gasteiger partial charge in [0.1, 0.15) is 12.4 Å². The summed E-state index contributed by atoms with van der Waals surface area (Å²) in [6.45, 7) is 11.1. The summed E-state index contributed by atoms with van der Waals surface area (Å²) in [6, 6.07) is 4.84. The number of halogens is 1. The van der Waals surface area contributed by atoms with Crippen molar-refractivity contribution in [1.82, 2.24) is 0 Å². The minimum absolute atomic E-state index is 0.108. The van der Waals surface area contributed by atoms with Crippen LogP contribution in [-0.2, 0) is 14.3 Å². The summed E-state index contributed by atoms with van der Waals surface area (Å²) in [6.07, 6.45) is 7.69. The van der Waals surface area contributed by atoms with Gasteiger partial charge in [-0.2, -0.15) is 0 Å². The van der Waals surface area contributed by atoms with Crippen molar-refractivity contribution >= 4 is 17.7 Å². The number of carbonyl (C=O) groups is 1. The second kappa shape index (κ2) is 11.8. The Bertz CT molecular complexity index is 680. The normalized spacial score (nSPS) is 11.4. The number of rotatable bonds is 11. The highest BCUT2D eigenvalue weighted by Crippen LogP contribution is 2.21. The Balaban J connectivity index is 2.72. The van der Waals surface area contributed by atoms with Gasteiger partial charge in [0.15, 0.2) is 0 Å². The van der Waals surface area contributed by atoms with Gasteiger partial charge in [-0.05, 0) is 36.3 Å². The lowest BCUT2D eigenvalue weighted by molar-refractivity contribution is -0.136. The minimum atomic E-state index is -0.512. The van der Waals surface area contributed by atoms with Gasteiger partial charge in [0.05, 0.1) is 12.3 Å². The van der Waals surface area contributed by atoms with Gasteiger partial charge >= 0.3 is 5.97 Å². The Morgan fingerprint density at radius 3 is 2.69 bits per heavy atom. The predicted molar refractivity (Wildman–Crippen MR) is 105 cm³/mol. The average Bonchev–Trinajstić information content (AvgIpc) is 2.65. The number of anilines is 1. The largest absolute Gasteiger partial charge is 0.458 e. The Kier molecular flexibility index (Phi) is 9.72. The molecule has 0 amide bonds. The highest BCUT2D eigenvalue weighted by molar-refractivity contribution is 5.87. The minimum Gasteiger partial charge on any atom is -0.458 e. The van der Waals surface area contributed by atoms with Crippen molar-refractivity contribution in [2.75, 3.05) is 38.3 Å². The van der Waals surface area contributed by atoms with Crippen LogP contribution < -0.4 is 4.90 Å². The first-order valence-electron chi connectivity index (χ1n) is 8.38. The van der Waals surface area contributed by atoms with E-state index in [2.05, 4.69) is 13.2 Å². The molecule has 0 aliphatic carbocycles. The van der Waals surface area contributed by atoms with Gasteiger partial charge in [0.25, 0.3) is 0 Å². The Hall–Kier alpha value is -2.66. The molecule has 4 nitrogen and oxygen atoms in total. The van der Waals surface area contributed by atoms with Crippen molar-refractivity contribution in [2.24, 2.45) is 0 Å². The van der Waals surface area contributed by atoms with Crippen molar-refractivity contribution in [3.05, 3.63) is 72.6 Å². The molecule has 26 heavy (non-hydrogen) atoms. The lowest BCUT2D eigenvalue weighted by Gasteiger charge is -2.23. The number of ether oxygens (including phenoxy) is 2. The molecule has 0 saturated carbocycles. The van der Waals surface area contributed by atoms with E-state index in [1.54, 1.807) is 37.5 Å². The number of nitrogens with zero attached hydrogens (tertiary/aromatic N) is 1. The van der Waals surface area contributed by atoms with Crippen LogP contribution >= 0.6 is 0 Å². The number of carbonyl (C=O) groups excluding carboxylic acids is 1. The first kappa shape index (κ1) is 21.4. The van der Waals surface area contributed by atoms with Crippen LogP contribution in [0.4, 0.5) is 10.1 Å². The quantitative estimate of drug-likeness (QED) is 0.338. The zero-order valence-electron chi connectivity index (χ0n) is 15.4. The third-order valence-corrected chi connectivity index (χ3v) is 3.65. The molecule has 0 aromatic heterocycles. The van der Waals surface area contributed by atoms with E-state index in [0.717, 1.165) is 5.57 Å². The zero-order valence-corrected chi connectivity index (χ0v) is 15.4. The number of hydrogen-bond acceptors (Lipinski definition) is 4. The molecule has 0 N–H and O–H groups in total. The number of hydrogen-bond donors (Lipinski definition) is 0. The molecule has 0 bridgehead atoms. The van der Waals surface area contributed by atoms with Crippen LogP contribution in [0.2, 0.25) is 0 Å². The monoisotopic (exact) mass is 359 g/mol. The van der Waals surface area contributed by atoms with Crippen molar-refractivity contribution in [3.8, 4) is 0 Å². The number of methoxy groups -OCH3 is 1. The van der Waals surface area contributed by atoms with Gasteiger partial charge in [0, 0.05) is 26.3 Å². The van der Waals surface area contributed by atoms with E-state index in [-0.39, 0.29) is 12.4 Å². The lowest BCUT2D eigenvalue weighted by Crippen LogP contribution is -2.27. The van der Waals surface area contributed by atoms with Crippen molar-refractivity contribution in [1.29, 1.82) is 0 Å². The van der Waals surface area contributed by atoms with Crippen LogP contribution in [0.3, 0.4) is 0 Å². The number of allylic oxidation sites excluding steroid dienone is 2. The second-order valence-electron chi connectivity index (χ2n) is 5.41. The van der Waals surface area contributed by atoms with Crippen LogP contribution in [0.1, 0.15) is 12.5 Å². The second-order valence-corrected chi connectivity index (χ2v) is 5.41. The van der Waals surface area contributed by atoms with Gasteiger partial charge in [0.2, 0.25) is 0 Å². The maximum atomic E-state index is 14.4. The van der Waals surface area contributed by atoms with Gasteiger partial charge in [-0.3, -0.25) is 0 Å². The molecule has 1 rings (SSSR count). The summed E-state index contributed by atoms with van der Waals surface area (Å²) < 4.78 is 24.5. The molecule has 0 fully saturated rings. The Morgan fingerprint density at radius 2 is 2.12 bits per heavy atom. The molecule has 5 heteroatoms. The van der Waals surface area contributed by atoms with E-state index in [1.165, 1.54) is 18.2 Å². The van der Waals surface area contributed by atoms with E-state index in [0.29, 0.717) is 30.9 Å². The standard InChI is InChI=1S/C21H26FNO3/c1-5-8-17(6-2)16-26-21(24)12-10-18-9-11-20(19(22)15-18)23(7-3)13-14-25-4/h5-6,8-12,15H,1-2,7,13-14,16H2,3-4H3/b12-10+,17-8+. The molecule has 0 heterocycles. The molecule has 0 saturated heterocycles. The molecule has 1 aromatic rings. The molecule has 0 unspecified atom stereocenters. The number of likely N-dealkylation sites (N-methyl/N-ethyl adjacent to an activating group) is 1. The van der Waals surface area contributed by atoms with Crippen LogP contribution in [0, 0.1) is 5.82 Å². The third kappa shape index (κ3) is 7.07. The van der Waals surface area contributed by atoms with E-state index in [1.807, 2.05) is 11.8 Å². The van der Waals surface area contributed by atoms with Gasteiger partial charge in [-0.15, -0.1) is 0 Å². The predicted octanol–water partition coefficient (Wildman–Crippen LogP) is 4.15.